The van der Waals surface area contributed by atoms with E-state index in [2.05, 4.69) is 5.16 Å². The Labute approximate surface area is 161 Å². The molecule has 1 aliphatic heterocycles. The number of aromatic nitrogens is 1. The van der Waals surface area contributed by atoms with Gasteiger partial charge in [-0.05, 0) is 24.3 Å². The van der Waals surface area contributed by atoms with E-state index in [1.54, 1.807) is 35.1 Å². The van der Waals surface area contributed by atoms with Crippen LogP contribution in [0.1, 0.15) is 21.0 Å². The van der Waals surface area contributed by atoms with Crippen molar-refractivity contribution in [1.82, 2.24) is 15.0 Å². The van der Waals surface area contributed by atoms with Crippen LogP contribution in [0, 0.1) is 0 Å². The van der Waals surface area contributed by atoms with Crippen LogP contribution >= 0.6 is 0 Å². The van der Waals surface area contributed by atoms with E-state index < -0.39 is 0 Å². The highest BCUT2D eigenvalue weighted by molar-refractivity contribution is 5.94. The molecule has 28 heavy (non-hydrogen) atoms. The molecular weight excluding hydrogens is 362 g/mol. The molecule has 0 saturated carbocycles. The molecule has 0 unspecified atom stereocenters. The monoisotopic (exact) mass is 381 g/mol. The number of hydrogen-bond acceptors (Lipinski definition) is 6. The molecule has 0 radical (unpaired) electrons. The Morgan fingerprint density at radius 1 is 1.00 bits per heavy atom. The van der Waals surface area contributed by atoms with E-state index in [0.717, 1.165) is 5.56 Å². The van der Waals surface area contributed by atoms with Crippen molar-refractivity contribution < 1.29 is 23.3 Å². The molecule has 8 nitrogen and oxygen atoms in total. The van der Waals surface area contributed by atoms with E-state index in [4.69, 9.17) is 13.7 Å². The molecule has 8 heteroatoms. The Morgan fingerprint density at radius 2 is 1.75 bits per heavy atom. The van der Waals surface area contributed by atoms with Gasteiger partial charge in [-0.1, -0.05) is 17.3 Å². The zero-order chi connectivity index (χ0) is 19.5. The van der Waals surface area contributed by atoms with Crippen molar-refractivity contribution in [2.45, 2.75) is 0 Å². The molecule has 0 atom stereocenters. The molecule has 1 saturated heterocycles. The van der Waals surface area contributed by atoms with Crippen molar-refractivity contribution in [2.75, 3.05) is 33.3 Å². The highest BCUT2D eigenvalue weighted by Gasteiger charge is 2.28. The summed E-state index contributed by atoms with van der Waals surface area (Å²) in [7, 11) is 1.59. The number of carbonyl (C=O) groups excluding carboxylic acids is 2. The summed E-state index contributed by atoms with van der Waals surface area (Å²) < 4.78 is 15.7. The van der Waals surface area contributed by atoms with Gasteiger partial charge in [0.05, 0.1) is 13.4 Å². The highest BCUT2D eigenvalue weighted by atomic mass is 16.5. The van der Waals surface area contributed by atoms with Gasteiger partial charge in [0.2, 0.25) is 0 Å². The first-order valence-corrected chi connectivity index (χ1v) is 8.89. The third-order valence-corrected chi connectivity index (χ3v) is 4.67. The standard InChI is InChI=1S/C20H19N3O5/c1-26-15-5-2-4-14(12-15)18-13-16(21-28-18)19(24)22-7-9-23(10-8-22)20(25)17-6-3-11-27-17/h2-6,11-13H,7-10H2,1H3. The molecule has 4 rings (SSSR count). The summed E-state index contributed by atoms with van der Waals surface area (Å²) in [6, 6.07) is 12.3. The Balaban J connectivity index is 1.40. The first kappa shape index (κ1) is 17.8. The minimum Gasteiger partial charge on any atom is -0.497 e. The molecule has 144 valence electrons. The van der Waals surface area contributed by atoms with Gasteiger partial charge in [0.25, 0.3) is 11.8 Å². The molecule has 0 bridgehead atoms. The molecule has 0 aliphatic carbocycles. The summed E-state index contributed by atoms with van der Waals surface area (Å²) in [5.41, 5.74) is 1.02. The maximum absolute atomic E-state index is 12.7. The van der Waals surface area contributed by atoms with E-state index in [9.17, 15) is 9.59 Å². The minimum absolute atomic E-state index is 0.168. The largest absolute Gasteiger partial charge is 0.497 e. The normalized spacial score (nSPS) is 14.2. The van der Waals surface area contributed by atoms with Crippen molar-refractivity contribution in [3.05, 3.63) is 60.2 Å². The second kappa shape index (κ2) is 7.59. The predicted octanol–water partition coefficient (Wildman–Crippen LogP) is 2.54. The summed E-state index contributed by atoms with van der Waals surface area (Å²) in [6.07, 6.45) is 1.47. The molecule has 2 aromatic heterocycles. The number of benzene rings is 1. The van der Waals surface area contributed by atoms with E-state index in [1.165, 1.54) is 6.26 Å². The summed E-state index contributed by atoms with van der Waals surface area (Å²) in [6.45, 7) is 1.72. The Morgan fingerprint density at radius 3 is 2.43 bits per heavy atom. The fourth-order valence-electron chi connectivity index (χ4n) is 3.12. The van der Waals surface area contributed by atoms with Crippen LogP contribution in [0.15, 0.2) is 57.7 Å². The second-order valence-corrected chi connectivity index (χ2v) is 6.37. The van der Waals surface area contributed by atoms with Gasteiger partial charge >= 0.3 is 0 Å². The molecule has 0 N–H and O–H groups in total. The molecule has 3 aromatic rings. The number of hydrogen-bond donors (Lipinski definition) is 0. The van der Waals surface area contributed by atoms with Gasteiger partial charge in [-0.2, -0.15) is 0 Å². The topological polar surface area (TPSA) is 89.0 Å². The van der Waals surface area contributed by atoms with E-state index >= 15 is 0 Å². The van der Waals surface area contributed by atoms with Crippen molar-refractivity contribution in [3.63, 3.8) is 0 Å². The zero-order valence-corrected chi connectivity index (χ0v) is 15.3. The fraction of sp³-hybridized carbons (Fsp3) is 0.250. The van der Waals surface area contributed by atoms with Crippen LogP contribution in [0.25, 0.3) is 11.3 Å². The SMILES string of the molecule is COc1cccc(-c2cc(C(=O)N3CCN(C(=O)c4ccco4)CC3)no2)c1. The first-order valence-electron chi connectivity index (χ1n) is 8.89. The maximum Gasteiger partial charge on any atom is 0.289 e. The molecule has 2 amide bonds. The number of nitrogens with zero attached hydrogens (tertiary/aromatic N) is 3. The lowest BCUT2D eigenvalue weighted by Gasteiger charge is -2.33. The van der Waals surface area contributed by atoms with E-state index in [1.807, 2.05) is 24.3 Å². The molecule has 1 aliphatic rings. The summed E-state index contributed by atoms with van der Waals surface area (Å²) in [5, 5.41) is 3.92. The Kier molecular flexibility index (Phi) is 4.84. The Hall–Kier alpha value is -3.55. The molecule has 0 spiro atoms. The number of rotatable bonds is 4. The van der Waals surface area contributed by atoms with Crippen LogP contribution in [-0.4, -0.2) is 60.1 Å². The third-order valence-electron chi connectivity index (χ3n) is 4.67. The van der Waals surface area contributed by atoms with Crippen molar-refractivity contribution in [2.24, 2.45) is 0 Å². The van der Waals surface area contributed by atoms with Gasteiger partial charge in [0.1, 0.15) is 5.75 Å². The third kappa shape index (κ3) is 3.48. The number of amides is 2. The van der Waals surface area contributed by atoms with Gasteiger partial charge in [-0.25, -0.2) is 0 Å². The van der Waals surface area contributed by atoms with Gasteiger partial charge in [-0.3, -0.25) is 9.59 Å². The van der Waals surface area contributed by atoms with Gasteiger partial charge in [0.15, 0.2) is 17.2 Å². The van der Waals surface area contributed by atoms with Crippen molar-refractivity contribution in [3.8, 4) is 17.1 Å². The van der Waals surface area contributed by atoms with Gasteiger partial charge < -0.3 is 23.5 Å². The van der Waals surface area contributed by atoms with Crippen LogP contribution < -0.4 is 4.74 Å². The lowest BCUT2D eigenvalue weighted by molar-refractivity contribution is 0.0513. The number of ether oxygens (including phenoxy) is 1. The lowest BCUT2D eigenvalue weighted by Crippen LogP contribution is -2.50. The lowest BCUT2D eigenvalue weighted by atomic mass is 10.1. The summed E-state index contributed by atoms with van der Waals surface area (Å²) in [4.78, 5) is 28.4. The molecule has 1 aromatic carbocycles. The average Bonchev–Trinajstić information content (AvgIpc) is 3.45. The molecule has 1 fully saturated rings. The fourth-order valence-corrected chi connectivity index (χ4v) is 3.12. The van der Waals surface area contributed by atoms with E-state index in [-0.39, 0.29) is 17.5 Å². The smallest absolute Gasteiger partial charge is 0.289 e. The molecule has 3 heterocycles. The highest BCUT2D eigenvalue weighted by Crippen LogP contribution is 2.25. The van der Waals surface area contributed by atoms with Crippen molar-refractivity contribution >= 4 is 11.8 Å². The second-order valence-electron chi connectivity index (χ2n) is 6.37. The van der Waals surface area contributed by atoms with Gasteiger partial charge in [-0.15, -0.1) is 0 Å². The maximum atomic E-state index is 12.7. The number of carbonyl (C=O) groups is 2. The summed E-state index contributed by atoms with van der Waals surface area (Å²) >= 11 is 0. The number of furan rings is 1. The Bertz CT molecular complexity index is 971. The quantitative estimate of drug-likeness (QED) is 0.690. The van der Waals surface area contributed by atoms with Crippen LogP contribution in [-0.2, 0) is 0 Å². The van der Waals surface area contributed by atoms with Crippen LogP contribution in [0.3, 0.4) is 0 Å². The van der Waals surface area contributed by atoms with Crippen molar-refractivity contribution in [1.29, 1.82) is 0 Å². The number of methoxy groups -OCH3 is 1. The van der Waals surface area contributed by atoms with Crippen LogP contribution in [0.5, 0.6) is 5.75 Å². The van der Waals surface area contributed by atoms with Gasteiger partial charge in [0, 0.05) is 37.8 Å². The number of piperazine rings is 1. The van der Waals surface area contributed by atoms with Crippen LogP contribution in [0.2, 0.25) is 0 Å². The predicted molar refractivity (Wildman–Crippen MR) is 99.0 cm³/mol. The average molecular weight is 381 g/mol. The minimum atomic E-state index is -0.219. The van der Waals surface area contributed by atoms with Crippen LogP contribution in [0.4, 0.5) is 0 Å². The van der Waals surface area contributed by atoms with E-state index in [0.29, 0.717) is 43.4 Å². The first-order chi connectivity index (χ1) is 13.7. The molecular formula is C20H19N3O5. The zero-order valence-electron chi connectivity index (χ0n) is 15.3. The summed E-state index contributed by atoms with van der Waals surface area (Å²) in [5.74, 6) is 1.11.